The molecule has 4 rings (SSSR count). The minimum atomic E-state index is -1.38. The van der Waals surface area contributed by atoms with Crippen LogP contribution in [0.5, 0.6) is 5.95 Å². The summed E-state index contributed by atoms with van der Waals surface area (Å²) in [5.41, 5.74) is 1.58. The Kier molecular flexibility index (Phi) is 4.01. The molecule has 0 spiro atoms. The molecule has 0 aliphatic heterocycles. The number of furan rings is 2. The van der Waals surface area contributed by atoms with Gasteiger partial charge in [-0.05, 0) is 25.1 Å². The van der Waals surface area contributed by atoms with Crippen LogP contribution in [0.15, 0.2) is 69.5 Å². The first-order chi connectivity index (χ1) is 11.1. The molecular weight excluding hydrogens is 296 g/mol. The van der Waals surface area contributed by atoms with E-state index in [-0.39, 0.29) is 5.95 Å². The monoisotopic (exact) mass is 310 g/mol. The van der Waals surface area contributed by atoms with Crippen molar-refractivity contribution in [2.45, 2.75) is 6.92 Å². The maximum absolute atomic E-state index is 10.2. The number of para-hydroxylation sites is 2. The van der Waals surface area contributed by atoms with Gasteiger partial charge in [0.1, 0.15) is 16.9 Å². The van der Waals surface area contributed by atoms with E-state index < -0.39 is 6.16 Å². The Bertz CT molecular complexity index is 882. The number of carbonyl (C=O) groups is 1. The molecule has 0 aliphatic carbocycles. The third-order valence-electron chi connectivity index (χ3n) is 3.14. The van der Waals surface area contributed by atoms with E-state index in [1.165, 1.54) is 11.5 Å². The molecule has 4 aromatic rings. The maximum atomic E-state index is 10.2. The summed E-state index contributed by atoms with van der Waals surface area (Å²) in [4.78, 5) is 10.2. The molecule has 0 radical (unpaired) electrons. The van der Waals surface area contributed by atoms with Crippen molar-refractivity contribution in [1.29, 1.82) is 0 Å². The molecule has 0 atom stereocenters. The summed E-state index contributed by atoms with van der Waals surface area (Å²) in [7, 11) is 0. The average molecular weight is 310 g/mol. The summed E-state index contributed by atoms with van der Waals surface area (Å²) >= 11 is 0. The Hall–Kier alpha value is -3.21. The molecule has 0 unspecified atom stereocenters. The first-order valence-corrected chi connectivity index (χ1v) is 6.96. The van der Waals surface area contributed by atoms with Gasteiger partial charge in [0.2, 0.25) is 0 Å². The molecule has 2 heterocycles. The summed E-state index contributed by atoms with van der Waals surface area (Å²) in [5.74, 6) is 0.968. The van der Waals surface area contributed by atoms with Gasteiger partial charge in [-0.1, -0.05) is 36.4 Å². The Labute approximate surface area is 131 Å². The van der Waals surface area contributed by atoms with Crippen LogP contribution in [0, 0.1) is 6.92 Å². The van der Waals surface area contributed by atoms with Gasteiger partial charge in [-0.25, -0.2) is 4.79 Å². The molecule has 0 aliphatic rings. The molecular formula is C18H14O5. The molecule has 0 amide bonds. The normalized spacial score (nSPS) is 10.3. The number of benzene rings is 2. The van der Waals surface area contributed by atoms with E-state index in [1.807, 2.05) is 49.4 Å². The number of rotatable bonds is 1. The Morgan fingerprint density at radius 3 is 2.04 bits per heavy atom. The fourth-order valence-corrected chi connectivity index (χ4v) is 2.21. The standard InChI is InChI=1S/C9H6O4.C9H8O/c10-9(11)13-8-5-6-3-1-2-4-7(6)12-8;1-7-6-8-4-2-3-5-9(8)10-7/h1-5H,(H,10,11);2-6H,1H3. The minimum absolute atomic E-state index is 0.00583. The molecule has 0 saturated heterocycles. The fraction of sp³-hybridized carbons (Fsp3) is 0.0556. The summed E-state index contributed by atoms with van der Waals surface area (Å²) in [6, 6.07) is 18.8. The number of hydrogen-bond acceptors (Lipinski definition) is 4. The zero-order valence-corrected chi connectivity index (χ0v) is 12.4. The van der Waals surface area contributed by atoms with Gasteiger partial charge in [0.25, 0.3) is 5.95 Å². The van der Waals surface area contributed by atoms with E-state index in [0.717, 1.165) is 16.7 Å². The van der Waals surface area contributed by atoms with Crippen molar-refractivity contribution in [2.24, 2.45) is 0 Å². The van der Waals surface area contributed by atoms with Crippen molar-refractivity contribution in [3.05, 3.63) is 66.4 Å². The molecule has 116 valence electrons. The van der Waals surface area contributed by atoms with Gasteiger partial charge in [-0.2, -0.15) is 0 Å². The third-order valence-corrected chi connectivity index (χ3v) is 3.14. The highest BCUT2D eigenvalue weighted by atomic mass is 16.7. The molecule has 2 aromatic carbocycles. The van der Waals surface area contributed by atoms with E-state index in [9.17, 15) is 4.79 Å². The van der Waals surface area contributed by atoms with Gasteiger partial charge < -0.3 is 18.7 Å². The number of fused-ring (bicyclic) bond motifs is 2. The van der Waals surface area contributed by atoms with Crippen molar-refractivity contribution in [1.82, 2.24) is 0 Å². The van der Waals surface area contributed by atoms with Crippen LogP contribution in [0.25, 0.3) is 21.9 Å². The summed E-state index contributed by atoms with van der Waals surface area (Å²) in [6.45, 7) is 1.96. The molecule has 5 heteroatoms. The lowest BCUT2D eigenvalue weighted by atomic mass is 10.2. The SMILES string of the molecule is Cc1cc2ccccc2o1.O=C(O)Oc1cc2ccccc2o1. The van der Waals surface area contributed by atoms with Crippen molar-refractivity contribution in [3.63, 3.8) is 0 Å². The van der Waals surface area contributed by atoms with Gasteiger partial charge in [-0.15, -0.1) is 0 Å². The highest BCUT2D eigenvalue weighted by Crippen LogP contribution is 2.24. The van der Waals surface area contributed by atoms with Crippen LogP contribution in [-0.4, -0.2) is 11.3 Å². The van der Waals surface area contributed by atoms with Gasteiger partial charge in [0.05, 0.1) is 0 Å². The van der Waals surface area contributed by atoms with E-state index in [2.05, 4.69) is 4.74 Å². The van der Waals surface area contributed by atoms with Crippen molar-refractivity contribution >= 4 is 28.1 Å². The molecule has 23 heavy (non-hydrogen) atoms. The van der Waals surface area contributed by atoms with Gasteiger partial charge in [-0.3, -0.25) is 0 Å². The van der Waals surface area contributed by atoms with Gasteiger partial charge in [0.15, 0.2) is 0 Å². The number of carboxylic acid groups (broad SMARTS) is 1. The van der Waals surface area contributed by atoms with E-state index >= 15 is 0 Å². The zero-order valence-electron chi connectivity index (χ0n) is 12.4. The zero-order chi connectivity index (χ0) is 16.2. The second-order valence-corrected chi connectivity index (χ2v) is 4.87. The molecule has 0 fully saturated rings. The summed E-state index contributed by atoms with van der Waals surface area (Å²) < 4.78 is 14.8. The van der Waals surface area contributed by atoms with E-state index in [1.54, 1.807) is 12.1 Å². The van der Waals surface area contributed by atoms with Crippen molar-refractivity contribution in [2.75, 3.05) is 0 Å². The average Bonchev–Trinajstić information content (AvgIpc) is 3.08. The van der Waals surface area contributed by atoms with Gasteiger partial charge >= 0.3 is 6.16 Å². The predicted molar refractivity (Wildman–Crippen MR) is 85.8 cm³/mol. The fourth-order valence-electron chi connectivity index (χ4n) is 2.21. The highest BCUT2D eigenvalue weighted by molar-refractivity contribution is 5.79. The lowest BCUT2D eigenvalue weighted by Crippen LogP contribution is -2.01. The lowest BCUT2D eigenvalue weighted by Gasteiger charge is -1.89. The smallest absolute Gasteiger partial charge is 0.461 e. The van der Waals surface area contributed by atoms with Crippen LogP contribution < -0.4 is 4.74 Å². The molecule has 0 bridgehead atoms. The molecule has 2 aromatic heterocycles. The summed E-state index contributed by atoms with van der Waals surface area (Å²) in [5, 5.41) is 10.3. The highest BCUT2D eigenvalue weighted by Gasteiger charge is 2.06. The van der Waals surface area contributed by atoms with Crippen molar-refractivity contribution < 1.29 is 23.5 Å². The van der Waals surface area contributed by atoms with E-state index in [4.69, 9.17) is 13.9 Å². The summed E-state index contributed by atoms with van der Waals surface area (Å²) in [6.07, 6.45) is -1.38. The second-order valence-electron chi connectivity index (χ2n) is 4.87. The first-order valence-electron chi connectivity index (χ1n) is 6.96. The first kappa shape index (κ1) is 14.7. The van der Waals surface area contributed by atoms with Crippen LogP contribution in [0.1, 0.15) is 5.76 Å². The number of hydrogen-bond donors (Lipinski definition) is 1. The van der Waals surface area contributed by atoms with Crippen LogP contribution >= 0.6 is 0 Å². The molecule has 0 saturated carbocycles. The van der Waals surface area contributed by atoms with Crippen LogP contribution in [0.3, 0.4) is 0 Å². The Balaban J connectivity index is 0.000000140. The predicted octanol–water partition coefficient (Wildman–Crippen LogP) is 5.23. The quantitative estimate of drug-likeness (QED) is 0.487. The third kappa shape index (κ3) is 3.52. The van der Waals surface area contributed by atoms with Crippen molar-refractivity contribution in [3.8, 4) is 5.95 Å². The van der Waals surface area contributed by atoms with Crippen LogP contribution in [0.4, 0.5) is 4.79 Å². The minimum Gasteiger partial charge on any atom is -0.461 e. The van der Waals surface area contributed by atoms with Crippen LogP contribution in [-0.2, 0) is 0 Å². The molecule has 1 N–H and O–H groups in total. The largest absolute Gasteiger partial charge is 0.513 e. The maximum Gasteiger partial charge on any atom is 0.513 e. The second kappa shape index (κ2) is 6.27. The topological polar surface area (TPSA) is 72.8 Å². The Morgan fingerprint density at radius 2 is 1.48 bits per heavy atom. The van der Waals surface area contributed by atoms with E-state index in [0.29, 0.717) is 5.58 Å². The van der Waals surface area contributed by atoms with Gasteiger partial charge in [0, 0.05) is 16.8 Å². The lowest BCUT2D eigenvalue weighted by molar-refractivity contribution is 0.134. The number of aryl methyl sites for hydroxylation is 1. The Morgan fingerprint density at radius 1 is 0.913 bits per heavy atom. The number of ether oxygens (including phenoxy) is 1. The van der Waals surface area contributed by atoms with Crippen LogP contribution in [0.2, 0.25) is 0 Å². The molecule has 5 nitrogen and oxygen atoms in total.